The Morgan fingerprint density at radius 2 is 2.22 bits per heavy atom. The summed E-state index contributed by atoms with van der Waals surface area (Å²) in [5.41, 5.74) is 6.45. The van der Waals surface area contributed by atoms with Crippen molar-refractivity contribution in [3.05, 3.63) is 42.2 Å². The largest absolute Gasteiger partial charge is 0.464 e. The smallest absolute Gasteiger partial charge is 0.356 e. The molecule has 18 heavy (non-hydrogen) atoms. The number of hydrogen-bond donors (Lipinski definition) is 1. The molecule has 92 valence electrons. The number of carbonyl (C=O) groups is 1. The Morgan fingerprint density at radius 3 is 2.89 bits per heavy atom. The Morgan fingerprint density at radius 1 is 1.44 bits per heavy atom. The van der Waals surface area contributed by atoms with Gasteiger partial charge in [-0.2, -0.15) is 0 Å². The van der Waals surface area contributed by atoms with E-state index >= 15 is 0 Å². The summed E-state index contributed by atoms with van der Waals surface area (Å²) >= 11 is 4.90. The van der Waals surface area contributed by atoms with Crippen LogP contribution in [0.15, 0.2) is 30.7 Å². The third-order valence-electron chi connectivity index (χ3n) is 2.28. The average molecular weight is 262 g/mol. The van der Waals surface area contributed by atoms with Crippen molar-refractivity contribution in [1.82, 2.24) is 14.5 Å². The number of thiocarbonyl (C=S) groups is 1. The fourth-order valence-electron chi connectivity index (χ4n) is 1.48. The summed E-state index contributed by atoms with van der Waals surface area (Å²) in [5, 5.41) is 0. The minimum absolute atomic E-state index is 0.177. The second-order valence-corrected chi connectivity index (χ2v) is 3.82. The molecular formula is C11H10N4O2S. The lowest BCUT2D eigenvalue weighted by Gasteiger charge is -2.07. The third kappa shape index (κ3) is 2.21. The molecule has 0 saturated heterocycles. The highest BCUT2D eigenvalue weighted by molar-refractivity contribution is 7.80. The van der Waals surface area contributed by atoms with E-state index in [-0.39, 0.29) is 10.7 Å². The van der Waals surface area contributed by atoms with Crippen LogP contribution in [-0.2, 0) is 4.74 Å². The summed E-state index contributed by atoms with van der Waals surface area (Å²) in [6.07, 6.45) is 4.78. The molecule has 0 bridgehead atoms. The molecule has 2 rings (SSSR count). The highest BCUT2D eigenvalue weighted by Gasteiger charge is 2.11. The quantitative estimate of drug-likeness (QED) is 0.647. The second-order valence-electron chi connectivity index (χ2n) is 3.38. The summed E-state index contributed by atoms with van der Waals surface area (Å²) in [4.78, 5) is 19.5. The van der Waals surface area contributed by atoms with E-state index in [1.807, 2.05) is 0 Å². The summed E-state index contributed by atoms with van der Waals surface area (Å²) in [6, 6.07) is 3.30. The molecule has 0 amide bonds. The van der Waals surface area contributed by atoms with E-state index in [1.54, 1.807) is 29.1 Å². The number of ether oxygens (including phenoxy) is 1. The van der Waals surface area contributed by atoms with Gasteiger partial charge in [0.15, 0.2) is 5.82 Å². The predicted octanol–water partition coefficient (Wildman–Crippen LogP) is 0.688. The Kier molecular flexibility index (Phi) is 3.33. The van der Waals surface area contributed by atoms with Crippen molar-refractivity contribution in [1.29, 1.82) is 0 Å². The molecule has 2 heterocycles. The standard InChI is InChI=1S/C11H10N4O2S/c1-17-11(16)8-6-7(2-3-13-8)15-5-4-14-10(15)9(12)18/h2-6H,1H3,(H2,12,18). The lowest BCUT2D eigenvalue weighted by molar-refractivity contribution is 0.0594. The number of nitrogens with two attached hydrogens (primary N) is 1. The summed E-state index contributed by atoms with van der Waals surface area (Å²) in [6.45, 7) is 0. The normalized spacial score (nSPS) is 10.1. The molecule has 2 aromatic heterocycles. The van der Waals surface area contributed by atoms with Crippen molar-refractivity contribution in [2.24, 2.45) is 5.73 Å². The van der Waals surface area contributed by atoms with Crippen molar-refractivity contribution in [3.63, 3.8) is 0 Å². The topological polar surface area (TPSA) is 83.0 Å². The van der Waals surface area contributed by atoms with Gasteiger partial charge in [0.25, 0.3) is 0 Å². The number of methoxy groups -OCH3 is 1. The molecule has 0 aliphatic carbocycles. The van der Waals surface area contributed by atoms with Crippen LogP contribution in [0.2, 0.25) is 0 Å². The van der Waals surface area contributed by atoms with Gasteiger partial charge < -0.3 is 10.5 Å². The van der Waals surface area contributed by atoms with Gasteiger partial charge >= 0.3 is 5.97 Å². The number of imidazole rings is 1. The number of aromatic nitrogens is 3. The van der Waals surface area contributed by atoms with Crippen LogP contribution in [0.1, 0.15) is 16.3 Å². The molecule has 7 heteroatoms. The SMILES string of the molecule is COC(=O)c1cc(-n2ccnc2C(N)=S)ccn1. The van der Waals surface area contributed by atoms with E-state index < -0.39 is 5.97 Å². The van der Waals surface area contributed by atoms with Gasteiger partial charge in [0.1, 0.15) is 10.7 Å². The monoisotopic (exact) mass is 262 g/mol. The lowest BCUT2D eigenvalue weighted by Crippen LogP contribution is -2.16. The minimum atomic E-state index is -0.506. The Labute approximate surface area is 108 Å². The van der Waals surface area contributed by atoms with Crippen LogP contribution < -0.4 is 5.73 Å². The Bertz CT molecular complexity index is 609. The highest BCUT2D eigenvalue weighted by Crippen LogP contribution is 2.12. The molecule has 2 N–H and O–H groups in total. The fraction of sp³-hybridized carbons (Fsp3) is 0.0909. The first-order valence-electron chi connectivity index (χ1n) is 5.01. The van der Waals surface area contributed by atoms with E-state index in [4.69, 9.17) is 18.0 Å². The van der Waals surface area contributed by atoms with E-state index in [1.165, 1.54) is 13.3 Å². The molecule has 0 aliphatic rings. The molecule has 0 spiro atoms. The first-order valence-corrected chi connectivity index (χ1v) is 5.42. The summed E-state index contributed by atoms with van der Waals surface area (Å²) in [7, 11) is 1.30. The second kappa shape index (κ2) is 4.92. The third-order valence-corrected chi connectivity index (χ3v) is 2.46. The molecular weight excluding hydrogens is 252 g/mol. The number of nitrogens with zero attached hydrogens (tertiary/aromatic N) is 3. The maximum atomic E-state index is 11.4. The maximum absolute atomic E-state index is 11.4. The molecule has 2 aromatic rings. The van der Waals surface area contributed by atoms with E-state index in [2.05, 4.69) is 14.7 Å². The number of hydrogen-bond acceptors (Lipinski definition) is 5. The first kappa shape index (κ1) is 12.2. The lowest BCUT2D eigenvalue weighted by atomic mass is 10.3. The van der Waals surface area contributed by atoms with Crippen LogP contribution in [0.5, 0.6) is 0 Å². The van der Waals surface area contributed by atoms with Crippen molar-refractivity contribution >= 4 is 23.2 Å². The van der Waals surface area contributed by atoms with Crippen molar-refractivity contribution in [3.8, 4) is 5.69 Å². The average Bonchev–Trinajstić information content (AvgIpc) is 2.87. The van der Waals surface area contributed by atoms with Gasteiger partial charge in [0, 0.05) is 18.6 Å². The molecule has 0 aliphatic heterocycles. The van der Waals surface area contributed by atoms with Gasteiger partial charge in [-0.3, -0.25) is 4.57 Å². The highest BCUT2D eigenvalue weighted by atomic mass is 32.1. The molecule has 0 atom stereocenters. The zero-order valence-corrected chi connectivity index (χ0v) is 10.3. The molecule has 0 fully saturated rings. The zero-order chi connectivity index (χ0) is 13.1. The molecule has 0 saturated carbocycles. The van der Waals surface area contributed by atoms with Crippen LogP contribution in [0.25, 0.3) is 5.69 Å². The van der Waals surface area contributed by atoms with Gasteiger partial charge in [-0.15, -0.1) is 0 Å². The number of esters is 1. The Balaban J connectivity index is 2.48. The predicted molar refractivity (Wildman–Crippen MR) is 68.6 cm³/mol. The first-order chi connectivity index (χ1) is 8.63. The van der Waals surface area contributed by atoms with Crippen LogP contribution in [0.4, 0.5) is 0 Å². The number of carbonyl (C=O) groups excluding carboxylic acids is 1. The van der Waals surface area contributed by atoms with E-state index in [0.717, 1.165) is 0 Å². The Hall–Kier alpha value is -2.28. The minimum Gasteiger partial charge on any atom is -0.464 e. The fourth-order valence-corrected chi connectivity index (χ4v) is 1.63. The van der Waals surface area contributed by atoms with Crippen molar-refractivity contribution in [2.45, 2.75) is 0 Å². The van der Waals surface area contributed by atoms with E-state index in [9.17, 15) is 4.79 Å². The summed E-state index contributed by atoms with van der Waals surface area (Å²) < 4.78 is 6.29. The molecule has 0 radical (unpaired) electrons. The van der Waals surface area contributed by atoms with Gasteiger partial charge in [-0.05, 0) is 12.1 Å². The van der Waals surface area contributed by atoms with Gasteiger partial charge in [-0.1, -0.05) is 12.2 Å². The maximum Gasteiger partial charge on any atom is 0.356 e. The molecule has 0 unspecified atom stereocenters. The van der Waals surface area contributed by atoms with Gasteiger partial charge in [0.05, 0.1) is 12.8 Å². The van der Waals surface area contributed by atoms with Crippen LogP contribution in [-0.4, -0.2) is 32.6 Å². The van der Waals surface area contributed by atoms with Gasteiger partial charge in [-0.25, -0.2) is 14.8 Å². The van der Waals surface area contributed by atoms with Crippen LogP contribution in [0.3, 0.4) is 0 Å². The van der Waals surface area contributed by atoms with Gasteiger partial charge in [0.2, 0.25) is 0 Å². The van der Waals surface area contributed by atoms with Crippen molar-refractivity contribution < 1.29 is 9.53 Å². The number of rotatable bonds is 3. The summed E-state index contributed by atoms with van der Waals surface area (Å²) in [5.74, 6) is -0.0548. The van der Waals surface area contributed by atoms with Crippen LogP contribution in [0, 0.1) is 0 Å². The molecule has 0 aromatic carbocycles. The van der Waals surface area contributed by atoms with Crippen molar-refractivity contribution in [2.75, 3.05) is 7.11 Å². The zero-order valence-electron chi connectivity index (χ0n) is 9.53. The van der Waals surface area contributed by atoms with Crippen LogP contribution >= 0.6 is 12.2 Å². The molecule has 6 nitrogen and oxygen atoms in total. The number of pyridine rings is 1. The van der Waals surface area contributed by atoms with E-state index in [0.29, 0.717) is 11.5 Å².